The molecule has 3 heterocycles. The molecule has 1 N–H and O–H groups in total. The lowest BCUT2D eigenvalue weighted by Gasteiger charge is -2.35. The number of anilines is 1. The Balaban J connectivity index is 1.33. The van der Waals surface area contributed by atoms with Gasteiger partial charge in [-0.25, -0.2) is 9.37 Å². The number of alkyl halides is 3. The first kappa shape index (κ1) is 23.1. The summed E-state index contributed by atoms with van der Waals surface area (Å²) in [7, 11) is 0. The molecular weight excluding hydrogens is 440 g/mol. The van der Waals surface area contributed by atoms with Gasteiger partial charge >= 0.3 is 6.18 Å². The van der Waals surface area contributed by atoms with E-state index < -0.39 is 18.7 Å². The van der Waals surface area contributed by atoms with Crippen LogP contribution in [-0.4, -0.2) is 68.2 Å². The summed E-state index contributed by atoms with van der Waals surface area (Å²) in [4.78, 5) is 13.3. The van der Waals surface area contributed by atoms with E-state index in [2.05, 4.69) is 24.9 Å². The van der Waals surface area contributed by atoms with Gasteiger partial charge < -0.3 is 10.0 Å². The maximum absolute atomic E-state index is 13.3. The van der Waals surface area contributed by atoms with Gasteiger partial charge in [-0.3, -0.25) is 14.6 Å². The summed E-state index contributed by atoms with van der Waals surface area (Å²) in [5.74, 6) is 0.436. The summed E-state index contributed by atoms with van der Waals surface area (Å²) in [5, 5.41) is 13.7. The smallest absolute Gasteiger partial charge is 0.391 e. The van der Waals surface area contributed by atoms with Crippen molar-refractivity contribution in [2.24, 2.45) is 0 Å². The van der Waals surface area contributed by atoms with Crippen LogP contribution in [0.15, 0.2) is 49.1 Å². The normalized spacial score (nSPS) is 16.2. The summed E-state index contributed by atoms with van der Waals surface area (Å²) in [6, 6.07) is 6.16. The number of hydrogen-bond acceptors (Lipinski definition) is 6. The van der Waals surface area contributed by atoms with Crippen molar-refractivity contribution in [1.82, 2.24) is 24.6 Å². The monoisotopic (exact) mass is 464 g/mol. The Morgan fingerprint density at radius 3 is 2.39 bits per heavy atom. The second kappa shape index (κ2) is 9.84. The van der Waals surface area contributed by atoms with Crippen LogP contribution >= 0.6 is 0 Å². The fourth-order valence-electron chi connectivity index (χ4n) is 3.89. The summed E-state index contributed by atoms with van der Waals surface area (Å²) in [5.41, 5.74) is 2.36. The van der Waals surface area contributed by atoms with Gasteiger partial charge in [0.05, 0.1) is 25.3 Å². The molecule has 0 radical (unpaired) electrons. The molecule has 4 rings (SSSR count). The number of benzene rings is 1. The number of halogens is 4. The van der Waals surface area contributed by atoms with E-state index in [1.54, 1.807) is 36.9 Å². The van der Waals surface area contributed by atoms with Crippen LogP contribution in [0, 0.1) is 5.82 Å². The van der Waals surface area contributed by atoms with Gasteiger partial charge in [-0.1, -0.05) is 0 Å². The SMILES string of the molecule is O[C@@H](Cn1cc(CN2CCN(c3nccnc3-c3ccc(F)cc3)CC2)cn1)CC(F)(F)F. The zero-order chi connectivity index (χ0) is 23.4. The number of rotatable bonds is 7. The van der Waals surface area contributed by atoms with Gasteiger partial charge in [0.15, 0.2) is 5.82 Å². The molecule has 1 aliphatic heterocycles. The first-order chi connectivity index (χ1) is 15.8. The van der Waals surface area contributed by atoms with Crippen molar-refractivity contribution in [2.75, 3.05) is 31.1 Å². The molecule has 33 heavy (non-hydrogen) atoms. The molecule has 0 unspecified atom stereocenters. The van der Waals surface area contributed by atoms with E-state index in [0.29, 0.717) is 25.3 Å². The zero-order valence-corrected chi connectivity index (χ0v) is 17.8. The number of aliphatic hydroxyl groups excluding tert-OH is 1. The van der Waals surface area contributed by atoms with Crippen molar-refractivity contribution >= 4 is 5.82 Å². The Morgan fingerprint density at radius 1 is 1.00 bits per heavy atom. The molecule has 11 heteroatoms. The van der Waals surface area contributed by atoms with Gasteiger partial charge in [0, 0.05) is 62.4 Å². The van der Waals surface area contributed by atoms with Crippen LogP contribution in [0.5, 0.6) is 0 Å². The van der Waals surface area contributed by atoms with E-state index >= 15 is 0 Å². The lowest BCUT2D eigenvalue weighted by atomic mass is 10.1. The molecule has 3 aromatic rings. The molecule has 1 fully saturated rings. The van der Waals surface area contributed by atoms with Crippen LogP contribution in [0.25, 0.3) is 11.3 Å². The number of piperazine rings is 1. The molecule has 0 aliphatic carbocycles. The van der Waals surface area contributed by atoms with Crippen molar-refractivity contribution in [2.45, 2.75) is 31.8 Å². The van der Waals surface area contributed by atoms with E-state index in [1.807, 2.05) is 0 Å². The summed E-state index contributed by atoms with van der Waals surface area (Å²) >= 11 is 0. The predicted octanol–water partition coefficient (Wildman–Crippen LogP) is 3.11. The number of nitrogens with zero attached hydrogens (tertiary/aromatic N) is 6. The van der Waals surface area contributed by atoms with Crippen LogP contribution in [0.4, 0.5) is 23.4 Å². The highest BCUT2D eigenvalue weighted by Crippen LogP contribution is 2.27. The standard InChI is InChI=1S/C22H24F4N6O/c23-18-3-1-17(2-4-18)20-21(28-6-5-27-20)31-9-7-30(8-10-31)13-16-12-29-32(14-16)15-19(33)11-22(24,25)26/h1-6,12,14,19,33H,7-11,13,15H2/t19-/m1/s1. The van der Waals surface area contributed by atoms with Crippen LogP contribution in [-0.2, 0) is 13.1 Å². The van der Waals surface area contributed by atoms with E-state index in [4.69, 9.17) is 0 Å². The van der Waals surface area contributed by atoms with Gasteiger partial charge in [0.1, 0.15) is 11.5 Å². The average Bonchev–Trinajstić information content (AvgIpc) is 3.20. The fourth-order valence-corrected chi connectivity index (χ4v) is 3.89. The maximum atomic E-state index is 13.3. The minimum absolute atomic E-state index is 0.202. The number of hydrogen-bond donors (Lipinski definition) is 1. The third-order valence-corrected chi connectivity index (χ3v) is 5.43. The van der Waals surface area contributed by atoms with Crippen molar-refractivity contribution in [3.63, 3.8) is 0 Å². The number of aromatic nitrogens is 4. The third kappa shape index (κ3) is 6.26. The maximum Gasteiger partial charge on any atom is 0.391 e. The van der Waals surface area contributed by atoms with Gasteiger partial charge in [0.2, 0.25) is 0 Å². The Labute approximate surface area is 188 Å². The minimum Gasteiger partial charge on any atom is -0.391 e. The van der Waals surface area contributed by atoms with E-state index in [9.17, 15) is 22.7 Å². The number of aliphatic hydroxyl groups is 1. The minimum atomic E-state index is -4.41. The van der Waals surface area contributed by atoms with Crippen molar-refractivity contribution in [3.05, 3.63) is 60.4 Å². The second-order valence-corrected chi connectivity index (χ2v) is 8.04. The molecule has 0 spiro atoms. The largest absolute Gasteiger partial charge is 0.391 e. The Morgan fingerprint density at radius 2 is 1.70 bits per heavy atom. The second-order valence-electron chi connectivity index (χ2n) is 8.04. The van der Waals surface area contributed by atoms with E-state index in [-0.39, 0.29) is 12.4 Å². The molecule has 176 valence electrons. The molecule has 0 amide bonds. The van der Waals surface area contributed by atoms with E-state index in [1.165, 1.54) is 16.8 Å². The lowest BCUT2D eigenvalue weighted by molar-refractivity contribution is -0.154. The highest BCUT2D eigenvalue weighted by Gasteiger charge is 2.31. The molecule has 1 aliphatic rings. The average molecular weight is 464 g/mol. The molecule has 1 aromatic carbocycles. The van der Waals surface area contributed by atoms with Crippen LogP contribution in [0.3, 0.4) is 0 Å². The highest BCUT2D eigenvalue weighted by atomic mass is 19.4. The first-order valence-corrected chi connectivity index (χ1v) is 10.6. The van der Waals surface area contributed by atoms with Gasteiger partial charge in [-0.2, -0.15) is 18.3 Å². The first-order valence-electron chi connectivity index (χ1n) is 10.6. The Hall–Kier alpha value is -3.05. The van der Waals surface area contributed by atoms with E-state index in [0.717, 1.165) is 30.0 Å². The fraction of sp³-hybridized carbons (Fsp3) is 0.409. The molecule has 0 saturated carbocycles. The van der Waals surface area contributed by atoms with Crippen molar-refractivity contribution < 1.29 is 22.7 Å². The van der Waals surface area contributed by atoms with Crippen LogP contribution < -0.4 is 4.90 Å². The predicted molar refractivity (Wildman–Crippen MR) is 114 cm³/mol. The van der Waals surface area contributed by atoms with Gasteiger partial charge in [0.25, 0.3) is 0 Å². The molecule has 7 nitrogen and oxygen atoms in total. The highest BCUT2D eigenvalue weighted by molar-refractivity contribution is 5.72. The Bertz CT molecular complexity index is 1050. The van der Waals surface area contributed by atoms with Crippen molar-refractivity contribution in [3.8, 4) is 11.3 Å². The summed E-state index contributed by atoms with van der Waals surface area (Å²) in [6.45, 7) is 3.33. The van der Waals surface area contributed by atoms with Gasteiger partial charge in [-0.15, -0.1) is 0 Å². The third-order valence-electron chi connectivity index (χ3n) is 5.43. The topological polar surface area (TPSA) is 70.3 Å². The summed E-state index contributed by atoms with van der Waals surface area (Å²) < 4.78 is 51.8. The molecule has 2 aromatic heterocycles. The van der Waals surface area contributed by atoms with Crippen LogP contribution in [0.2, 0.25) is 0 Å². The molecule has 1 saturated heterocycles. The zero-order valence-electron chi connectivity index (χ0n) is 17.8. The molecule has 1 atom stereocenters. The van der Waals surface area contributed by atoms with Crippen LogP contribution in [0.1, 0.15) is 12.0 Å². The van der Waals surface area contributed by atoms with Gasteiger partial charge in [-0.05, 0) is 24.3 Å². The van der Waals surface area contributed by atoms with Crippen molar-refractivity contribution in [1.29, 1.82) is 0 Å². The summed E-state index contributed by atoms with van der Waals surface area (Å²) in [6.07, 6.45) is -0.661. The Kier molecular flexibility index (Phi) is 6.89. The lowest BCUT2D eigenvalue weighted by Crippen LogP contribution is -2.46. The quantitative estimate of drug-likeness (QED) is 0.542. The molecule has 0 bridgehead atoms. The molecular formula is C22H24F4N6O.